The first-order valence-corrected chi connectivity index (χ1v) is 6.33. The Morgan fingerprint density at radius 1 is 1.22 bits per heavy atom. The van der Waals surface area contributed by atoms with Crippen molar-refractivity contribution in [1.29, 1.82) is 0 Å². The maximum absolute atomic E-state index is 12.4. The molecule has 1 aromatic rings. The lowest BCUT2D eigenvalue weighted by atomic mass is 9.99. The zero-order chi connectivity index (χ0) is 13.2. The van der Waals surface area contributed by atoms with Gasteiger partial charge < -0.3 is 0 Å². The van der Waals surface area contributed by atoms with Crippen molar-refractivity contribution in [3.8, 4) is 0 Å². The summed E-state index contributed by atoms with van der Waals surface area (Å²) in [4.78, 5) is 2.32. The van der Waals surface area contributed by atoms with E-state index in [9.17, 15) is 13.2 Å². The summed E-state index contributed by atoms with van der Waals surface area (Å²) >= 11 is 0. The lowest BCUT2D eigenvalue weighted by Gasteiger charge is -2.30. The van der Waals surface area contributed by atoms with Gasteiger partial charge in [0.25, 0.3) is 0 Å². The Hall–Kier alpha value is -1.03. The highest BCUT2D eigenvalue weighted by Crippen LogP contribution is 2.29. The standard InChI is InChI=1S/C14H18F3N/c1-11-3-2-8-18(9-11)10-12-4-6-13(7-5-12)14(15,16)17/h4-7,11H,2-3,8-10H2,1H3. The molecule has 0 N–H and O–H groups in total. The second-order valence-corrected chi connectivity index (χ2v) is 5.18. The molecule has 0 spiro atoms. The summed E-state index contributed by atoms with van der Waals surface area (Å²) in [7, 11) is 0. The number of benzene rings is 1. The van der Waals surface area contributed by atoms with E-state index in [-0.39, 0.29) is 0 Å². The lowest BCUT2D eigenvalue weighted by Crippen LogP contribution is -2.33. The summed E-state index contributed by atoms with van der Waals surface area (Å²) in [6.45, 7) is 5.06. The molecule has 1 heterocycles. The molecule has 2 rings (SSSR count). The van der Waals surface area contributed by atoms with E-state index >= 15 is 0 Å². The predicted octanol–water partition coefficient (Wildman–Crippen LogP) is 3.94. The molecule has 100 valence electrons. The van der Waals surface area contributed by atoms with E-state index in [1.54, 1.807) is 12.1 Å². The van der Waals surface area contributed by atoms with Gasteiger partial charge in [-0.3, -0.25) is 4.90 Å². The van der Waals surface area contributed by atoms with Gasteiger partial charge in [-0.1, -0.05) is 19.1 Å². The predicted molar refractivity (Wildman–Crippen MR) is 65.1 cm³/mol. The number of hydrogen-bond donors (Lipinski definition) is 0. The van der Waals surface area contributed by atoms with Crippen LogP contribution in [0.3, 0.4) is 0 Å². The summed E-state index contributed by atoms with van der Waals surface area (Å²) in [5, 5.41) is 0. The van der Waals surface area contributed by atoms with E-state index in [0.29, 0.717) is 5.92 Å². The minimum atomic E-state index is -4.24. The normalized spacial score (nSPS) is 22.1. The van der Waals surface area contributed by atoms with Crippen LogP contribution in [0.15, 0.2) is 24.3 Å². The molecule has 0 amide bonds. The quantitative estimate of drug-likeness (QED) is 0.775. The third kappa shape index (κ3) is 3.48. The van der Waals surface area contributed by atoms with Gasteiger partial charge in [0.2, 0.25) is 0 Å². The van der Waals surface area contributed by atoms with Crippen LogP contribution in [-0.2, 0) is 12.7 Å². The average Bonchev–Trinajstić information content (AvgIpc) is 2.28. The topological polar surface area (TPSA) is 3.24 Å². The van der Waals surface area contributed by atoms with Gasteiger partial charge in [0, 0.05) is 13.1 Å². The molecule has 1 atom stereocenters. The van der Waals surface area contributed by atoms with Crippen LogP contribution in [0.25, 0.3) is 0 Å². The third-order valence-corrected chi connectivity index (χ3v) is 3.43. The van der Waals surface area contributed by atoms with E-state index in [1.165, 1.54) is 25.0 Å². The number of nitrogens with zero attached hydrogens (tertiary/aromatic N) is 1. The largest absolute Gasteiger partial charge is 0.416 e. The molecule has 1 saturated heterocycles. The summed E-state index contributed by atoms with van der Waals surface area (Å²) in [5.74, 6) is 0.688. The molecule has 1 aromatic carbocycles. The van der Waals surface area contributed by atoms with Crippen molar-refractivity contribution in [1.82, 2.24) is 4.90 Å². The Labute approximate surface area is 106 Å². The van der Waals surface area contributed by atoms with Crippen LogP contribution in [-0.4, -0.2) is 18.0 Å². The van der Waals surface area contributed by atoms with E-state index in [1.807, 2.05) is 0 Å². The number of hydrogen-bond acceptors (Lipinski definition) is 1. The van der Waals surface area contributed by atoms with Gasteiger partial charge in [-0.15, -0.1) is 0 Å². The van der Waals surface area contributed by atoms with E-state index in [2.05, 4.69) is 11.8 Å². The molecule has 1 fully saturated rings. The number of piperidine rings is 1. The molecule has 0 bridgehead atoms. The summed E-state index contributed by atoms with van der Waals surface area (Å²) in [5.41, 5.74) is 0.385. The van der Waals surface area contributed by atoms with E-state index in [4.69, 9.17) is 0 Å². The van der Waals surface area contributed by atoms with Crippen molar-refractivity contribution in [2.24, 2.45) is 5.92 Å². The van der Waals surface area contributed by atoms with Gasteiger partial charge in [-0.2, -0.15) is 13.2 Å². The first-order chi connectivity index (χ1) is 8.45. The van der Waals surface area contributed by atoms with Crippen LogP contribution in [0.5, 0.6) is 0 Å². The second kappa shape index (κ2) is 5.31. The van der Waals surface area contributed by atoms with Gasteiger partial charge >= 0.3 is 6.18 Å². The summed E-state index contributed by atoms with van der Waals surface area (Å²) < 4.78 is 37.3. The van der Waals surface area contributed by atoms with Crippen LogP contribution in [0.1, 0.15) is 30.9 Å². The summed E-state index contributed by atoms with van der Waals surface area (Å²) in [6, 6.07) is 5.51. The Morgan fingerprint density at radius 2 is 1.89 bits per heavy atom. The van der Waals surface area contributed by atoms with Crippen LogP contribution in [0.4, 0.5) is 13.2 Å². The second-order valence-electron chi connectivity index (χ2n) is 5.18. The Bertz CT molecular complexity index is 383. The monoisotopic (exact) mass is 257 g/mol. The van der Waals surface area contributed by atoms with Crippen molar-refractivity contribution < 1.29 is 13.2 Å². The SMILES string of the molecule is CC1CCCN(Cc2ccc(C(F)(F)F)cc2)C1. The Balaban J connectivity index is 1.98. The molecule has 1 aliphatic rings. The molecule has 1 nitrogen and oxygen atoms in total. The summed E-state index contributed by atoms with van der Waals surface area (Å²) in [6.07, 6.45) is -1.80. The Morgan fingerprint density at radius 3 is 2.44 bits per heavy atom. The maximum atomic E-state index is 12.4. The van der Waals surface area contributed by atoms with Gasteiger partial charge in [0.15, 0.2) is 0 Å². The highest BCUT2D eigenvalue weighted by molar-refractivity contribution is 5.24. The van der Waals surface area contributed by atoms with Gasteiger partial charge in [0.05, 0.1) is 5.56 Å². The molecule has 18 heavy (non-hydrogen) atoms. The van der Waals surface area contributed by atoms with E-state index in [0.717, 1.165) is 25.2 Å². The lowest BCUT2D eigenvalue weighted by molar-refractivity contribution is -0.137. The van der Waals surface area contributed by atoms with Gasteiger partial charge in [-0.25, -0.2) is 0 Å². The van der Waals surface area contributed by atoms with Crippen LogP contribution in [0, 0.1) is 5.92 Å². The average molecular weight is 257 g/mol. The first kappa shape index (κ1) is 13.4. The number of halogens is 3. The molecule has 1 aliphatic heterocycles. The van der Waals surface area contributed by atoms with Gasteiger partial charge in [0.1, 0.15) is 0 Å². The minimum absolute atomic E-state index is 0.571. The maximum Gasteiger partial charge on any atom is 0.416 e. The van der Waals surface area contributed by atoms with Crippen LogP contribution in [0.2, 0.25) is 0 Å². The van der Waals surface area contributed by atoms with E-state index < -0.39 is 11.7 Å². The molecule has 0 radical (unpaired) electrons. The number of likely N-dealkylation sites (tertiary alicyclic amines) is 1. The molecule has 0 aromatic heterocycles. The molecule has 4 heteroatoms. The van der Waals surface area contributed by atoms with Crippen molar-refractivity contribution in [2.75, 3.05) is 13.1 Å². The fourth-order valence-electron chi connectivity index (χ4n) is 2.49. The van der Waals surface area contributed by atoms with Gasteiger partial charge in [-0.05, 0) is 43.0 Å². The van der Waals surface area contributed by atoms with Crippen LogP contribution >= 0.6 is 0 Å². The zero-order valence-corrected chi connectivity index (χ0v) is 10.5. The fourth-order valence-corrected chi connectivity index (χ4v) is 2.49. The molecule has 1 unspecified atom stereocenters. The highest BCUT2D eigenvalue weighted by atomic mass is 19.4. The van der Waals surface area contributed by atoms with Crippen molar-refractivity contribution in [3.63, 3.8) is 0 Å². The smallest absolute Gasteiger partial charge is 0.299 e. The number of rotatable bonds is 2. The molecular formula is C14H18F3N. The molecule has 0 aliphatic carbocycles. The third-order valence-electron chi connectivity index (χ3n) is 3.43. The minimum Gasteiger partial charge on any atom is -0.299 e. The zero-order valence-electron chi connectivity index (χ0n) is 10.5. The van der Waals surface area contributed by atoms with Crippen molar-refractivity contribution in [3.05, 3.63) is 35.4 Å². The van der Waals surface area contributed by atoms with Crippen LogP contribution < -0.4 is 0 Å². The number of alkyl halides is 3. The van der Waals surface area contributed by atoms with Crippen molar-refractivity contribution >= 4 is 0 Å². The molecule has 0 saturated carbocycles. The fraction of sp³-hybridized carbons (Fsp3) is 0.571. The Kier molecular flexibility index (Phi) is 3.95. The first-order valence-electron chi connectivity index (χ1n) is 6.33. The van der Waals surface area contributed by atoms with Crippen molar-refractivity contribution in [2.45, 2.75) is 32.5 Å². The highest BCUT2D eigenvalue weighted by Gasteiger charge is 2.30. The molecular weight excluding hydrogens is 239 g/mol.